The quantitative estimate of drug-likeness (QED) is 0.129. The van der Waals surface area contributed by atoms with E-state index in [0.29, 0.717) is 51.9 Å². The van der Waals surface area contributed by atoms with E-state index in [2.05, 4.69) is 66.3 Å². The van der Waals surface area contributed by atoms with Crippen LogP contribution in [0.25, 0.3) is 44.3 Å². The maximum Gasteiger partial charge on any atom is 0.321 e. The van der Waals surface area contributed by atoms with Crippen molar-refractivity contribution < 1.29 is 27.2 Å². The van der Waals surface area contributed by atoms with Crippen molar-refractivity contribution >= 4 is 56.6 Å². The molecule has 0 spiro atoms. The van der Waals surface area contributed by atoms with Gasteiger partial charge in [0.2, 0.25) is 0 Å². The van der Waals surface area contributed by atoms with Crippen molar-refractivity contribution in [3.8, 4) is 22.8 Å². The van der Waals surface area contributed by atoms with Crippen molar-refractivity contribution in [2.45, 2.75) is 37.8 Å². The number of aryl methyl sites for hydroxylation is 2. The summed E-state index contributed by atoms with van der Waals surface area (Å²) < 4.78 is 57.4. The van der Waals surface area contributed by atoms with Crippen molar-refractivity contribution in [1.82, 2.24) is 60.1 Å². The molecule has 10 rings (SSSR count). The summed E-state index contributed by atoms with van der Waals surface area (Å²) in [4.78, 5) is 39.4. The largest absolute Gasteiger partial charge is 0.354 e. The van der Waals surface area contributed by atoms with Crippen LogP contribution in [-0.4, -0.2) is 112 Å². The molecule has 0 bridgehead atoms. The smallest absolute Gasteiger partial charge is 0.321 e. The number of urea groups is 2. The third-order valence-electron chi connectivity index (χ3n) is 12.4. The van der Waals surface area contributed by atoms with Gasteiger partial charge in [0.05, 0.1) is 22.8 Å². The first-order valence-corrected chi connectivity index (χ1v) is 22.1. The highest BCUT2D eigenvalue weighted by atomic mass is 19.1. The third kappa shape index (κ3) is 9.90. The van der Waals surface area contributed by atoms with Gasteiger partial charge in [0.15, 0.2) is 11.6 Å². The van der Waals surface area contributed by atoms with E-state index in [0.717, 1.165) is 80.2 Å². The number of nitrogens with zero attached hydrogens (tertiary/aromatic N) is 13. The first-order chi connectivity index (χ1) is 33.4. The Labute approximate surface area is 392 Å². The van der Waals surface area contributed by atoms with Crippen molar-refractivity contribution in [3.63, 3.8) is 0 Å². The SMILES string of the molecule is CN(C(=O)Nc1ccc(F)cc1F)C1CCN(c2nnc(-c3ccnn3C)c3ccncc23)CC1.Cn1nccc1-c1nnc(N2CCC(NC(=O)Nc3ccc(F)cc3F)CC2)c2cnccc12. The Kier molecular flexibility index (Phi) is 13.2. The lowest BCUT2D eigenvalue weighted by Gasteiger charge is -2.37. The number of aromatic nitrogens is 10. The van der Waals surface area contributed by atoms with Crippen LogP contribution in [0.5, 0.6) is 0 Å². The van der Waals surface area contributed by atoms with Crippen molar-refractivity contribution in [2.75, 3.05) is 53.7 Å². The number of carbonyl (C=O) groups is 2. The van der Waals surface area contributed by atoms with E-state index < -0.39 is 35.3 Å². The lowest BCUT2D eigenvalue weighted by molar-refractivity contribution is 0.192. The molecule has 18 nitrogen and oxygen atoms in total. The van der Waals surface area contributed by atoms with Crippen LogP contribution >= 0.6 is 0 Å². The Balaban J connectivity index is 0.000000172. The monoisotopic (exact) mass is 942 g/mol. The maximum absolute atomic E-state index is 13.9. The van der Waals surface area contributed by atoms with Gasteiger partial charge < -0.3 is 30.7 Å². The number of pyridine rings is 2. The second-order valence-corrected chi connectivity index (χ2v) is 16.6. The molecule has 3 N–H and O–H groups in total. The highest BCUT2D eigenvalue weighted by molar-refractivity contribution is 6.00. The van der Waals surface area contributed by atoms with Gasteiger partial charge in [-0.05, 0) is 74.2 Å². The molecule has 354 valence electrons. The molecule has 22 heteroatoms. The van der Waals surface area contributed by atoms with Crippen LogP contribution in [0.4, 0.5) is 50.2 Å². The summed E-state index contributed by atoms with van der Waals surface area (Å²) in [6.07, 6.45) is 13.2. The number of amides is 4. The van der Waals surface area contributed by atoms with Crippen molar-refractivity contribution in [1.29, 1.82) is 0 Å². The number of hydrogen-bond donors (Lipinski definition) is 3. The van der Waals surface area contributed by atoms with E-state index in [1.54, 1.807) is 58.5 Å². The average molecular weight is 943 g/mol. The van der Waals surface area contributed by atoms with Gasteiger partial charge in [-0.15, -0.1) is 20.4 Å². The van der Waals surface area contributed by atoms with Gasteiger partial charge in [-0.3, -0.25) is 19.3 Å². The van der Waals surface area contributed by atoms with E-state index in [-0.39, 0.29) is 23.5 Å². The summed E-state index contributed by atoms with van der Waals surface area (Å²) >= 11 is 0. The van der Waals surface area contributed by atoms with Crippen molar-refractivity contribution in [2.24, 2.45) is 14.1 Å². The Morgan fingerprint density at radius 1 is 0.594 bits per heavy atom. The fourth-order valence-electron chi connectivity index (χ4n) is 8.62. The molecule has 0 saturated carbocycles. The average Bonchev–Trinajstić information content (AvgIpc) is 4.00. The first-order valence-electron chi connectivity index (χ1n) is 22.1. The fourth-order valence-corrected chi connectivity index (χ4v) is 8.62. The predicted molar refractivity (Wildman–Crippen MR) is 251 cm³/mol. The predicted octanol–water partition coefficient (Wildman–Crippen LogP) is 7.33. The topological polar surface area (TPSA) is 193 Å². The van der Waals surface area contributed by atoms with Crippen LogP contribution in [0.3, 0.4) is 0 Å². The summed E-state index contributed by atoms with van der Waals surface area (Å²) in [6, 6.07) is 12.6. The molecule has 8 heterocycles. The molecule has 2 aliphatic heterocycles. The summed E-state index contributed by atoms with van der Waals surface area (Å²) in [6.45, 7) is 2.63. The van der Waals surface area contributed by atoms with Crippen molar-refractivity contribution in [3.05, 3.63) is 121 Å². The number of benzene rings is 2. The Bertz CT molecular complexity index is 3150. The summed E-state index contributed by atoms with van der Waals surface area (Å²) in [7, 11) is 5.40. The molecular formula is C47H46F4N16O2. The second-order valence-electron chi connectivity index (χ2n) is 16.6. The van der Waals surface area contributed by atoms with Crippen LogP contribution in [0.15, 0.2) is 97.8 Å². The molecule has 2 aliphatic rings. The Morgan fingerprint density at radius 2 is 1.07 bits per heavy atom. The van der Waals surface area contributed by atoms with Gasteiger partial charge in [-0.25, -0.2) is 27.2 Å². The van der Waals surface area contributed by atoms with Crippen LogP contribution in [-0.2, 0) is 14.1 Å². The van der Waals surface area contributed by atoms with Crippen LogP contribution < -0.4 is 25.8 Å². The molecule has 2 saturated heterocycles. The van der Waals surface area contributed by atoms with Gasteiger partial charge in [0.1, 0.15) is 34.7 Å². The van der Waals surface area contributed by atoms with Crippen LogP contribution in [0.2, 0.25) is 0 Å². The molecule has 0 aliphatic carbocycles. The zero-order valence-corrected chi connectivity index (χ0v) is 37.7. The number of nitrogens with one attached hydrogen (secondary N) is 3. The van der Waals surface area contributed by atoms with Gasteiger partial charge in [-0.2, -0.15) is 10.2 Å². The first kappa shape index (κ1) is 45.8. The number of rotatable bonds is 8. The highest BCUT2D eigenvalue weighted by Crippen LogP contribution is 2.34. The minimum Gasteiger partial charge on any atom is -0.354 e. The van der Waals surface area contributed by atoms with E-state index in [1.807, 2.05) is 38.4 Å². The number of halogens is 4. The zero-order valence-electron chi connectivity index (χ0n) is 37.7. The van der Waals surface area contributed by atoms with Gasteiger partial charge in [0, 0.05) is 130 Å². The minimum absolute atomic E-state index is 0.0409. The Hall–Kier alpha value is -8.30. The normalized spacial score (nSPS) is 14.4. The van der Waals surface area contributed by atoms with Crippen LogP contribution in [0, 0.1) is 23.3 Å². The number of piperidine rings is 2. The lowest BCUT2D eigenvalue weighted by Crippen LogP contribution is -2.47. The maximum atomic E-state index is 13.9. The summed E-state index contributed by atoms with van der Waals surface area (Å²) in [5, 5.41) is 38.0. The zero-order chi connectivity index (χ0) is 48.2. The second kappa shape index (κ2) is 19.9. The standard InChI is InChI=1S/C24H24F2N8O.C23H22F2N8O/c1-32(24(35)29-20-4-3-15(25)13-19(20)26)16-7-11-34(12-8-16)23-18-14-27-9-5-17(18)22(30-31-23)21-6-10-28-33(21)2;1-32-20(5-9-27-32)21-16-4-8-26-13-17(16)22(31-30-21)33-10-6-15(7-11-33)28-23(34)29-19-3-2-14(24)12-18(19)25/h3-6,9-10,13-14,16H,7-8,11-12H2,1-2H3,(H,29,35);2-5,8-9,12-13,15H,6-7,10-11H2,1H3,(H2,28,29,34). The molecule has 0 atom stereocenters. The number of fused-ring (bicyclic) bond motifs is 2. The lowest BCUT2D eigenvalue weighted by atomic mass is 10.0. The number of anilines is 4. The Morgan fingerprint density at radius 3 is 1.54 bits per heavy atom. The molecule has 0 unspecified atom stereocenters. The summed E-state index contributed by atoms with van der Waals surface area (Å²) in [5.74, 6) is -1.53. The molecule has 2 aromatic carbocycles. The molecular weight excluding hydrogens is 897 g/mol. The fraction of sp³-hybridized carbons (Fsp3) is 0.277. The van der Waals surface area contributed by atoms with E-state index in [4.69, 9.17) is 0 Å². The van der Waals surface area contributed by atoms with Gasteiger partial charge in [0.25, 0.3) is 0 Å². The number of hydrogen-bond acceptors (Lipinski definition) is 12. The highest BCUT2D eigenvalue weighted by Gasteiger charge is 2.29. The summed E-state index contributed by atoms with van der Waals surface area (Å²) in [5.41, 5.74) is 3.08. The van der Waals surface area contributed by atoms with Crippen LogP contribution in [0.1, 0.15) is 25.7 Å². The molecule has 69 heavy (non-hydrogen) atoms. The molecule has 4 amide bonds. The van der Waals surface area contributed by atoms with Gasteiger partial charge in [-0.1, -0.05) is 0 Å². The molecule has 2 fully saturated rings. The third-order valence-corrected chi connectivity index (χ3v) is 12.4. The van der Waals surface area contributed by atoms with E-state index >= 15 is 0 Å². The van der Waals surface area contributed by atoms with Gasteiger partial charge >= 0.3 is 12.1 Å². The molecule has 8 aromatic rings. The number of carbonyl (C=O) groups excluding carboxylic acids is 2. The minimum atomic E-state index is -0.821. The van der Waals surface area contributed by atoms with E-state index in [9.17, 15) is 27.2 Å². The molecule has 6 aromatic heterocycles. The molecule has 0 radical (unpaired) electrons. The van der Waals surface area contributed by atoms with E-state index in [1.165, 1.54) is 12.1 Å².